The van der Waals surface area contributed by atoms with Crippen LogP contribution in [-0.2, 0) is 22.8 Å². The fourth-order valence-electron chi connectivity index (χ4n) is 2.53. The van der Waals surface area contributed by atoms with Crippen LogP contribution >= 0.6 is 0 Å². The molecule has 0 bridgehead atoms. The van der Waals surface area contributed by atoms with E-state index in [1.54, 1.807) is 0 Å². The molecule has 4 heteroatoms. The van der Waals surface area contributed by atoms with Crippen LogP contribution in [-0.4, -0.2) is 25.5 Å². The third kappa shape index (κ3) is 3.12. The van der Waals surface area contributed by atoms with Crippen LogP contribution < -0.4 is 5.32 Å². The first-order chi connectivity index (χ1) is 8.44. The van der Waals surface area contributed by atoms with Crippen LogP contribution in [0.15, 0.2) is 24.3 Å². The summed E-state index contributed by atoms with van der Waals surface area (Å²) in [5.74, 6) is 0.570. The van der Waals surface area contributed by atoms with E-state index in [9.17, 15) is 8.42 Å². The van der Waals surface area contributed by atoms with E-state index in [-0.39, 0.29) is 11.3 Å². The molecule has 1 atom stereocenters. The number of sulfone groups is 1. The van der Waals surface area contributed by atoms with E-state index >= 15 is 0 Å². The van der Waals surface area contributed by atoms with Gasteiger partial charge in [-0.3, -0.25) is 0 Å². The van der Waals surface area contributed by atoms with E-state index in [0.717, 1.165) is 13.0 Å². The van der Waals surface area contributed by atoms with Crippen molar-refractivity contribution < 1.29 is 8.42 Å². The fraction of sp³-hybridized carbons (Fsp3) is 0.571. The topological polar surface area (TPSA) is 46.2 Å². The average molecular weight is 267 g/mol. The highest BCUT2D eigenvalue weighted by Gasteiger charge is 2.37. The normalized spacial score (nSPS) is 26.3. The highest BCUT2D eigenvalue weighted by Crippen LogP contribution is 2.23. The van der Waals surface area contributed by atoms with Crippen LogP contribution in [0, 0.1) is 0 Å². The van der Waals surface area contributed by atoms with E-state index in [2.05, 4.69) is 24.4 Å². The molecule has 2 rings (SSSR count). The molecule has 1 aliphatic rings. The molecule has 100 valence electrons. The summed E-state index contributed by atoms with van der Waals surface area (Å²) in [5, 5.41) is 3.43. The Labute approximate surface area is 110 Å². The molecule has 1 saturated heterocycles. The fourth-order valence-corrected chi connectivity index (χ4v) is 4.66. The summed E-state index contributed by atoms with van der Waals surface area (Å²) in [5.41, 5.74) is 2.33. The molecule has 3 nitrogen and oxygen atoms in total. The van der Waals surface area contributed by atoms with Crippen LogP contribution in [0.5, 0.6) is 0 Å². The largest absolute Gasteiger partial charge is 0.306 e. The second-order valence-corrected chi connectivity index (χ2v) is 7.56. The molecule has 0 aliphatic carbocycles. The van der Waals surface area contributed by atoms with E-state index in [1.165, 1.54) is 11.1 Å². The van der Waals surface area contributed by atoms with Gasteiger partial charge in [0.15, 0.2) is 9.84 Å². The molecule has 1 fully saturated rings. The van der Waals surface area contributed by atoms with E-state index < -0.39 is 9.84 Å². The standard InChI is InChI=1S/C14H21NO2S/c1-3-12-6-4-5-7-13(12)10-15-14(2)8-9-18(16,17)11-14/h4-7,15H,3,8-11H2,1-2H3. The molecule has 0 aromatic heterocycles. The average Bonchev–Trinajstić information content (AvgIpc) is 2.62. The summed E-state index contributed by atoms with van der Waals surface area (Å²) in [6.45, 7) is 4.89. The Bertz CT molecular complexity index is 524. The van der Waals surface area contributed by atoms with Gasteiger partial charge in [0.25, 0.3) is 0 Å². The maximum atomic E-state index is 11.5. The first-order valence-corrected chi connectivity index (χ1v) is 8.28. The minimum atomic E-state index is -2.84. The van der Waals surface area contributed by atoms with Crippen LogP contribution in [0.2, 0.25) is 0 Å². The quantitative estimate of drug-likeness (QED) is 0.906. The number of hydrogen-bond acceptors (Lipinski definition) is 3. The lowest BCUT2D eigenvalue weighted by Crippen LogP contribution is -2.43. The van der Waals surface area contributed by atoms with Crippen molar-refractivity contribution in [2.75, 3.05) is 11.5 Å². The molecule has 1 aromatic carbocycles. The molecule has 1 aromatic rings. The summed E-state index contributed by atoms with van der Waals surface area (Å²) >= 11 is 0. The minimum Gasteiger partial charge on any atom is -0.306 e. The molecular formula is C14H21NO2S. The Morgan fingerprint density at radius 2 is 1.94 bits per heavy atom. The molecule has 1 N–H and O–H groups in total. The molecule has 1 heterocycles. The van der Waals surface area contributed by atoms with Gasteiger partial charge in [-0.05, 0) is 30.9 Å². The van der Waals surface area contributed by atoms with Gasteiger partial charge in [-0.2, -0.15) is 0 Å². The van der Waals surface area contributed by atoms with Crippen LogP contribution in [0.25, 0.3) is 0 Å². The van der Waals surface area contributed by atoms with Gasteiger partial charge in [0.2, 0.25) is 0 Å². The summed E-state index contributed by atoms with van der Waals surface area (Å²) in [7, 11) is -2.84. The van der Waals surface area contributed by atoms with Crippen LogP contribution in [0.4, 0.5) is 0 Å². The van der Waals surface area contributed by atoms with Crippen LogP contribution in [0.1, 0.15) is 31.4 Å². The lowest BCUT2D eigenvalue weighted by atomic mass is 10.00. The van der Waals surface area contributed by atoms with Crippen molar-refractivity contribution >= 4 is 9.84 Å². The number of nitrogens with one attached hydrogen (secondary N) is 1. The summed E-state index contributed by atoms with van der Waals surface area (Å²) in [6, 6.07) is 8.32. The SMILES string of the molecule is CCc1ccccc1CNC1(C)CCS(=O)(=O)C1. The third-order valence-corrected chi connectivity index (χ3v) is 5.61. The summed E-state index contributed by atoms with van der Waals surface area (Å²) < 4.78 is 23.1. The lowest BCUT2D eigenvalue weighted by molar-refractivity contribution is 0.395. The number of aryl methyl sites for hydroxylation is 1. The van der Waals surface area contributed by atoms with Gasteiger partial charge in [0.1, 0.15) is 0 Å². The zero-order chi connectivity index (χ0) is 13.2. The molecule has 0 spiro atoms. The second-order valence-electron chi connectivity index (χ2n) is 5.38. The third-order valence-electron chi connectivity index (χ3n) is 3.71. The van der Waals surface area contributed by atoms with Crippen molar-refractivity contribution in [1.82, 2.24) is 5.32 Å². The predicted molar refractivity (Wildman–Crippen MR) is 74.3 cm³/mol. The van der Waals surface area contributed by atoms with Gasteiger partial charge < -0.3 is 5.32 Å². The first kappa shape index (κ1) is 13.6. The molecule has 1 aliphatic heterocycles. The van der Waals surface area contributed by atoms with Gasteiger partial charge in [-0.1, -0.05) is 31.2 Å². The molecule has 18 heavy (non-hydrogen) atoms. The molecule has 0 saturated carbocycles. The van der Waals surface area contributed by atoms with Gasteiger partial charge in [0.05, 0.1) is 11.5 Å². The Morgan fingerprint density at radius 1 is 1.28 bits per heavy atom. The van der Waals surface area contributed by atoms with Gasteiger partial charge in [-0.15, -0.1) is 0 Å². The van der Waals surface area contributed by atoms with E-state index in [4.69, 9.17) is 0 Å². The highest BCUT2D eigenvalue weighted by atomic mass is 32.2. The lowest BCUT2D eigenvalue weighted by Gasteiger charge is -2.24. The number of rotatable bonds is 4. The van der Waals surface area contributed by atoms with E-state index in [0.29, 0.717) is 12.2 Å². The van der Waals surface area contributed by atoms with Crippen molar-refractivity contribution in [1.29, 1.82) is 0 Å². The zero-order valence-electron chi connectivity index (χ0n) is 11.1. The summed E-state index contributed by atoms with van der Waals surface area (Å²) in [4.78, 5) is 0. The van der Waals surface area contributed by atoms with Crippen molar-refractivity contribution in [3.63, 3.8) is 0 Å². The Kier molecular flexibility index (Phi) is 3.78. The van der Waals surface area contributed by atoms with Crippen molar-refractivity contribution in [2.45, 2.75) is 38.8 Å². The Balaban J connectivity index is 2.04. The van der Waals surface area contributed by atoms with Gasteiger partial charge >= 0.3 is 0 Å². The predicted octanol–water partition coefficient (Wildman–Crippen LogP) is 1.92. The molecule has 0 amide bonds. The van der Waals surface area contributed by atoms with Crippen LogP contribution in [0.3, 0.4) is 0 Å². The minimum absolute atomic E-state index is 0.258. The highest BCUT2D eigenvalue weighted by molar-refractivity contribution is 7.91. The molecule has 0 radical (unpaired) electrons. The monoisotopic (exact) mass is 267 g/mol. The second kappa shape index (κ2) is 5.02. The Hall–Kier alpha value is -0.870. The van der Waals surface area contributed by atoms with Gasteiger partial charge in [-0.25, -0.2) is 8.42 Å². The zero-order valence-corrected chi connectivity index (χ0v) is 11.9. The molecular weight excluding hydrogens is 246 g/mol. The molecule has 1 unspecified atom stereocenters. The number of benzene rings is 1. The van der Waals surface area contributed by atoms with Gasteiger partial charge in [0, 0.05) is 12.1 Å². The van der Waals surface area contributed by atoms with Crippen molar-refractivity contribution in [3.8, 4) is 0 Å². The smallest absolute Gasteiger partial charge is 0.152 e. The maximum absolute atomic E-state index is 11.5. The maximum Gasteiger partial charge on any atom is 0.152 e. The first-order valence-electron chi connectivity index (χ1n) is 6.46. The number of hydrogen-bond donors (Lipinski definition) is 1. The van der Waals surface area contributed by atoms with Crippen molar-refractivity contribution in [2.24, 2.45) is 0 Å². The summed E-state index contributed by atoms with van der Waals surface area (Å²) in [6.07, 6.45) is 1.72. The van der Waals surface area contributed by atoms with Crippen molar-refractivity contribution in [3.05, 3.63) is 35.4 Å². The van der Waals surface area contributed by atoms with E-state index in [1.807, 2.05) is 19.1 Å². The Morgan fingerprint density at radius 3 is 2.50 bits per heavy atom.